The molecule has 3 rings (SSSR count). The Morgan fingerprint density at radius 2 is 2.24 bits per heavy atom. The lowest BCUT2D eigenvalue weighted by Crippen LogP contribution is -2.39. The van der Waals surface area contributed by atoms with Crippen LogP contribution in [0.5, 0.6) is 0 Å². The summed E-state index contributed by atoms with van der Waals surface area (Å²) in [6.45, 7) is 0. The van der Waals surface area contributed by atoms with Crippen molar-refractivity contribution in [2.45, 2.75) is 44.2 Å². The van der Waals surface area contributed by atoms with Crippen molar-refractivity contribution in [3.63, 3.8) is 0 Å². The normalized spacial score (nSPS) is 25.9. The van der Waals surface area contributed by atoms with Crippen LogP contribution in [0.4, 0.5) is 5.82 Å². The standard InChI is InChI=1S/C13H15N3O/c14-7-9-4-8-2-1-3-12(8)16-13(9)15-10-5-11(17)6-10/h4,10-11,17H,1-3,5-6H2,(H,15,16). The van der Waals surface area contributed by atoms with E-state index in [1.54, 1.807) is 0 Å². The zero-order valence-corrected chi connectivity index (χ0v) is 9.61. The Morgan fingerprint density at radius 3 is 2.94 bits per heavy atom. The summed E-state index contributed by atoms with van der Waals surface area (Å²) in [6, 6.07) is 4.44. The third-order valence-corrected chi connectivity index (χ3v) is 3.63. The highest BCUT2D eigenvalue weighted by atomic mass is 16.3. The van der Waals surface area contributed by atoms with Crippen molar-refractivity contribution >= 4 is 5.82 Å². The first-order chi connectivity index (χ1) is 8.26. The summed E-state index contributed by atoms with van der Waals surface area (Å²) < 4.78 is 0. The van der Waals surface area contributed by atoms with Gasteiger partial charge in [-0.2, -0.15) is 5.26 Å². The van der Waals surface area contributed by atoms with E-state index in [1.165, 1.54) is 5.56 Å². The molecule has 1 aromatic heterocycles. The number of aliphatic hydroxyl groups excluding tert-OH is 1. The van der Waals surface area contributed by atoms with Crippen LogP contribution in [0.25, 0.3) is 0 Å². The fourth-order valence-electron chi connectivity index (χ4n) is 2.57. The molecule has 0 radical (unpaired) electrons. The fraction of sp³-hybridized carbons (Fsp3) is 0.538. The first-order valence-electron chi connectivity index (χ1n) is 6.14. The second kappa shape index (κ2) is 4.01. The summed E-state index contributed by atoms with van der Waals surface area (Å²) in [7, 11) is 0. The monoisotopic (exact) mass is 229 g/mol. The highest BCUT2D eigenvalue weighted by Crippen LogP contribution is 2.28. The van der Waals surface area contributed by atoms with Crippen LogP contribution in [0.3, 0.4) is 0 Å². The lowest BCUT2D eigenvalue weighted by Gasteiger charge is -2.32. The van der Waals surface area contributed by atoms with Crippen molar-refractivity contribution in [2.75, 3.05) is 5.32 Å². The molecule has 2 N–H and O–H groups in total. The van der Waals surface area contributed by atoms with Crippen molar-refractivity contribution in [1.82, 2.24) is 4.98 Å². The Morgan fingerprint density at radius 1 is 1.41 bits per heavy atom. The van der Waals surface area contributed by atoms with Crippen molar-refractivity contribution in [3.05, 3.63) is 22.9 Å². The highest BCUT2D eigenvalue weighted by molar-refractivity contribution is 5.55. The van der Waals surface area contributed by atoms with Gasteiger partial charge in [0.1, 0.15) is 11.9 Å². The molecule has 1 aromatic rings. The van der Waals surface area contributed by atoms with Crippen molar-refractivity contribution in [3.8, 4) is 6.07 Å². The van der Waals surface area contributed by atoms with Crippen LogP contribution in [0.1, 0.15) is 36.1 Å². The van der Waals surface area contributed by atoms with E-state index in [4.69, 9.17) is 5.26 Å². The van der Waals surface area contributed by atoms with Crippen LogP contribution in [0, 0.1) is 11.3 Å². The minimum Gasteiger partial charge on any atom is -0.393 e. The molecule has 0 aromatic carbocycles. The van der Waals surface area contributed by atoms with Gasteiger partial charge < -0.3 is 10.4 Å². The van der Waals surface area contributed by atoms with E-state index >= 15 is 0 Å². The van der Waals surface area contributed by atoms with Gasteiger partial charge in [0.2, 0.25) is 0 Å². The number of nitrogens with one attached hydrogen (secondary N) is 1. The van der Waals surface area contributed by atoms with Crippen LogP contribution in [-0.4, -0.2) is 22.2 Å². The molecular weight excluding hydrogens is 214 g/mol. The van der Waals surface area contributed by atoms with Gasteiger partial charge in [-0.1, -0.05) is 0 Å². The van der Waals surface area contributed by atoms with Crippen molar-refractivity contribution in [2.24, 2.45) is 0 Å². The zero-order chi connectivity index (χ0) is 11.8. The van der Waals surface area contributed by atoms with Gasteiger partial charge in [-0.25, -0.2) is 4.98 Å². The van der Waals surface area contributed by atoms with E-state index in [9.17, 15) is 5.11 Å². The Bertz CT molecular complexity index is 486. The second-order valence-electron chi connectivity index (χ2n) is 4.92. The quantitative estimate of drug-likeness (QED) is 0.803. The number of pyridine rings is 1. The lowest BCUT2D eigenvalue weighted by molar-refractivity contribution is 0.0835. The molecule has 0 aliphatic heterocycles. The first-order valence-corrected chi connectivity index (χ1v) is 6.14. The van der Waals surface area contributed by atoms with Crippen molar-refractivity contribution < 1.29 is 5.11 Å². The summed E-state index contributed by atoms with van der Waals surface area (Å²) in [5.74, 6) is 0.699. The molecular formula is C13H15N3O. The van der Waals surface area contributed by atoms with Crippen LogP contribution in [0.2, 0.25) is 0 Å². The summed E-state index contributed by atoms with van der Waals surface area (Å²) in [5.41, 5.74) is 2.99. The zero-order valence-electron chi connectivity index (χ0n) is 9.61. The predicted molar refractivity (Wildman–Crippen MR) is 63.6 cm³/mol. The minimum atomic E-state index is -0.188. The molecule has 17 heavy (non-hydrogen) atoms. The SMILES string of the molecule is N#Cc1cc2c(nc1NC1CC(O)C1)CCC2. The van der Waals surface area contributed by atoms with Gasteiger partial charge >= 0.3 is 0 Å². The molecule has 1 heterocycles. The molecule has 1 fully saturated rings. The first kappa shape index (κ1) is 10.5. The van der Waals surface area contributed by atoms with Crippen LogP contribution in [0.15, 0.2) is 6.07 Å². The van der Waals surface area contributed by atoms with E-state index in [1.807, 2.05) is 6.07 Å². The van der Waals surface area contributed by atoms with Gasteiger partial charge in [0.15, 0.2) is 0 Å². The van der Waals surface area contributed by atoms with E-state index in [-0.39, 0.29) is 12.1 Å². The largest absolute Gasteiger partial charge is 0.393 e. The molecule has 4 nitrogen and oxygen atoms in total. The Labute approximate surface area is 100 Å². The number of rotatable bonds is 2. The molecule has 0 amide bonds. The Balaban J connectivity index is 1.85. The number of aliphatic hydroxyl groups is 1. The van der Waals surface area contributed by atoms with Crippen LogP contribution in [-0.2, 0) is 12.8 Å². The molecule has 1 saturated carbocycles. The van der Waals surface area contributed by atoms with Gasteiger partial charge in [0.25, 0.3) is 0 Å². The number of hydrogen-bond donors (Lipinski definition) is 2. The summed E-state index contributed by atoms with van der Waals surface area (Å²) in [4.78, 5) is 4.56. The molecule has 88 valence electrons. The number of anilines is 1. The van der Waals surface area contributed by atoms with Crippen LogP contribution < -0.4 is 5.32 Å². The van der Waals surface area contributed by atoms with Gasteiger partial charge in [-0.3, -0.25) is 0 Å². The number of nitrogens with zero attached hydrogens (tertiary/aromatic N) is 2. The van der Waals surface area contributed by atoms with Gasteiger partial charge in [-0.15, -0.1) is 0 Å². The number of aromatic nitrogens is 1. The van der Waals surface area contributed by atoms with Gasteiger partial charge in [-0.05, 0) is 43.7 Å². The topological polar surface area (TPSA) is 68.9 Å². The molecule has 0 unspecified atom stereocenters. The molecule has 0 spiro atoms. The smallest absolute Gasteiger partial charge is 0.144 e. The molecule has 4 heteroatoms. The van der Waals surface area contributed by atoms with E-state index in [2.05, 4.69) is 16.4 Å². The van der Waals surface area contributed by atoms with E-state index in [0.717, 1.165) is 37.8 Å². The van der Waals surface area contributed by atoms with E-state index in [0.29, 0.717) is 11.4 Å². The van der Waals surface area contributed by atoms with Gasteiger partial charge in [0.05, 0.1) is 11.7 Å². The van der Waals surface area contributed by atoms with Gasteiger partial charge in [0, 0.05) is 11.7 Å². The average Bonchev–Trinajstić information content (AvgIpc) is 2.72. The molecule has 0 saturated heterocycles. The molecule has 2 aliphatic carbocycles. The van der Waals surface area contributed by atoms with E-state index < -0.39 is 0 Å². The Hall–Kier alpha value is -1.60. The van der Waals surface area contributed by atoms with Crippen molar-refractivity contribution in [1.29, 1.82) is 5.26 Å². The third kappa shape index (κ3) is 1.87. The maximum Gasteiger partial charge on any atom is 0.144 e. The predicted octanol–water partition coefficient (Wildman–Crippen LogP) is 1.38. The van der Waals surface area contributed by atoms with Crippen LogP contribution >= 0.6 is 0 Å². The highest BCUT2D eigenvalue weighted by Gasteiger charge is 2.28. The minimum absolute atomic E-state index is 0.188. The second-order valence-corrected chi connectivity index (χ2v) is 4.92. The number of aryl methyl sites for hydroxylation is 2. The molecule has 0 bridgehead atoms. The number of hydrogen-bond acceptors (Lipinski definition) is 4. The third-order valence-electron chi connectivity index (χ3n) is 3.63. The number of nitriles is 1. The molecule has 0 atom stereocenters. The maximum absolute atomic E-state index is 9.25. The average molecular weight is 229 g/mol. The maximum atomic E-state index is 9.25. The lowest BCUT2D eigenvalue weighted by atomic mass is 9.89. The Kier molecular flexibility index (Phi) is 2.49. The summed E-state index contributed by atoms with van der Waals surface area (Å²) in [6.07, 6.45) is 4.52. The fourth-order valence-corrected chi connectivity index (χ4v) is 2.57. The molecule has 2 aliphatic rings. The summed E-state index contributed by atoms with van der Waals surface area (Å²) in [5, 5.41) is 21.6. The summed E-state index contributed by atoms with van der Waals surface area (Å²) >= 11 is 0. The number of fused-ring (bicyclic) bond motifs is 1.